The Morgan fingerprint density at radius 3 is 2.81 bits per heavy atom. The average molecular weight is 435 g/mol. The van der Waals surface area contributed by atoms with E-state index in [0.717, 1.165) is 89.6 Å². The van der Waals surface area contributed by atoms with Crippen molar-refractivity contribution in [1.29, 1.82) is 0 Å². The second-order valence-electron chi connectivity index (χ2n) is 8.52. The van der Waals surface area contributed by atoms with Crippen molar-refractivity contribution in [2.75, 3.05) is 52.5 Å². The molecule has 1 atom stereocenters. The summed E-state index contributed by atoms with van der Waals surface area (Å²) in [5.41, 5.74) is 0.789. The molecular weight excluding hydrogens is 395 g/mol. The second kappa shape index (κ2) is 13.7. The highest BCUT2D eigenvalue weighted by atomic mass is 19.1. The van der Waals surface area contributed by atoms with Gasteiger partial charge in [0.1, 0.15) is 5.82 Å². The lowest BCUT2D eigenvalue weighted by Gasteiger charge is -2.31. The van der Waals surface area contributed by atoms with E-state index in [0.29, 0.717) is 25.2 Å². The predicted molar refractivity (Wildman–Crippen MR) is 123 cm³/mol. The van der Waals surface area contributed by atoms with Gasteiger partial charge in [0, 0.05) is 45.0 Å². The molecule has 0 bridgehead atoms. The van der Waals surface area contributed by atoms with Gasteiger partial charge in [-0.3, -0.25) is 9.89 Å². The number of guanidine groups is 1. The van der Waals surface area contributed by atoms with Gasteiger partial charge in [-0.1, -0.05) is 18.2 Å². The van der Waals surface area contributed by atoms with Gasteiger partial charge in [0.05, 0.1) is 12.7 Å². The number of nitrogens with zero attached hydrogens (tertiary/aromatic N) is 2. The van der Waals surface area contributed by atoms with Gasteiger partial charge >= 0.3 is 0 Å². The third kappa shape index (κ3) is 8.75. The normalized spacial score (nSPS) is 20.8. The smallest absolute Gasteiger partial charge is 0.191 e. The molecule has 1 aromatic carbocycles. The molecule has 0 radical (unpaired) electrons. The van der Waals surface area contributed by atoms with Crippen molar-refractivity contribution in [3.05, 3.63) is 35.6 Å². The van der Waals surface area contributed by atoms with E-state index in [1.165, 1.54) is 0 Å². The Labute approximate surface area is 186 Å². The molecule has 2 saturated heterocycles. The number of aliphatic imine (C=N–C) groups is 1. The van der Waals surface area contributed by atoms with Gasteiger partial charge in [0.15, 0.2) is 5.96 Å². The van der Waals surface area contributed by atoms with Crippen LogP contribution >= 0.6 is 0 Å². The highest BCUT2D eigenvalue weighted by Crippen LogP contribution is 2.20. The van der Waals surface area contributed by atoms with Crippen molar-refractivity contribution >= 4 is 5.96 Å². The van der Waals surface area contributed by atoms with Crippen LogP contribution in [0.15, 0.2) is 29.3 Å². The van der Waals surface area contributed by atoms with Gasteiger partial charge in [-0.2, -0.15) is 0 Å². The van der Waals surface area contributed by atoms with Crippen LogP contribution in [0.3, 0.4) is 0 Å². The molecule has 1 aromatic rings. The Balaban J connectivity index is 1.30. The maximum absolute atomic E-state index is 13.9. The van der Waals surface area contributed by atoms with E-state index in [2.05, 4.69) is 22.5 Å². The first-order valence-electron chi connectivity index (χ1n) is 11.9. The van der Waals surface area contributed by atoms with Gasteiger partial charge in [-0.25, -0.2) is 4.39 Å². The van der Waals surface area contributed by atoms with E-state index in [1.807, 2.05) is 12.1 Å². The molecule has 7 heteroatoms. The highest BCUT2D eigenvalue weighted by Gasteiger charge is 2.20. The fraction of sp³-hybridized carbons (Fsp3) is 0.708. The van der Waals surface area contributed by atoms with Crippen molar-refractivity contribution < 1.29 is 13.9 Å². The van der Waals surface area contributed by atoms with E-state index >= 15 is 0 Å². The van der Waals surface area contributed by atoms with Crippen LogP contribution in [0, 0.1) is 11.7 Å². The molecular formula is C24H39FN4O2. The van der Waals surface area contributed by atoms with Gasteiger partial charge in [-0.15, -0.1) is 0 Å². The van der Waals surface area contributed by atoms with Crippen LogP contribution in [-0.2, 0) is 16.0 Å². The van der Waals surface area contributed by atoms with Crippen LogP contribution in [-0.4, -0.2) is 69.5 Å². The third-order valence-electron chi connectivity index (χ3n) is 6.00. The maximum Gasteiger partial charge on any atom is 0.191 e. The number of nitrogens with one attached hydrogen (secondary N) is 2. The zero-order valence-electron chi connectivity index (χ0n) is 19.0. The first kappa shape index (κ1) is 24.0. The number of hydrogen-bond acceptors (Lipinski definition) is 4. The Morgan fingerprint density at radius 2 is 2.06 bits per heavy atom. The van der Waals surface area contributed by atoms with Gasteiger partial charge in [-0.05, 0) is 64.1 Å². The number of rotatable bonds is 11. The van der Waals surface area contributed by atoms with E-state index in [-0.39, 0.29) is 5.82 Å². The molecule has 6 nitrogen and oxygen atoms in total. The van der Waals surface area contributed by atoms with E-state index < -0.39 is 0 Å². The molecule has 31 heavy (non-hydrogen) atoms. The number of likely N-dealkylation sites (tertiary alicyclic amines) is 1. The molecule has 174 valence electrons. The lowest BCUT2D eigenvalue weighted by Crippen LogP contribution is -2.39. The highest BCUT2D eigenvalue weighted by molar-refractivity contribution is 5.79. The minimum Gasteiger partial charge on any atom is -0.379 e. The molecule has 1 unspecified atom stereocenters. The zero-order chi connectivity index (χ0) is 21.7. The summed E-state index contributed by atoms with van der Waals surface area (Å²) in [6.45, 7) is 9.64. The molecule has 2 N–H and O–H groups in total. The van der Waals surface area contributed by atoms with E-state index in [9.17, 15) is 4.39 Å². The predicted octanol–water partition coefficient (Wildman–Crippen LogP) is 3.18. The molecule has 2 aliphatic heterocycles. The molecule has 0 amide bonds. The standard InChI is InChI=1S/C24H39FN4O2/c1-2-26-24(27-12-6-15-30-19-22-8-5-16-31-22)28-17-20-10-13-29(14-11-20)18-21-7-3-4-9-23(21)25/h3-4,7,9,20,22H,2,5-6,8,10-19H2,1H3,(H2,26,27,28). The molecule has 0 aliphatic carbocycles. The summed E-state index contributed by atoms with van der Waals surface area (Å²) in [4.78, 5) is 7.14. The molecule has 2 aliphatic rings. The fourth-order valence-electron chi connectivity index (χ4n) is 4.13. The van der Waals surface area contributed by atoms with Crippen molar-refractivity contribution in [2.45, 2.75) is 51.7 Å². The molecule has 0 spiro atoms. The van der Waals surface area contributed by atoms with Crippen molar-refractivity contribution in [1.82, 2.24) is 15.5 Å². The van der Waals surface area contributed by atoms with Gasteiger partial charge in [0.25, 0.3) is 0 Å². The number of halogens is 1. The van der Waals surface area contributed by atoms with Crippen molar-refractivity contribution in [3.63, 3.8) is 0 Å². The number of piperidine rings is 1. The minimum atomic E-state index is -0.104. The maximum atomic E-state index is 13.9. The quantitative estimate of drug-likeness (QED) is 0.318. The van der Waals surface area contributed by atoms with Crippen LogP contribution in [0.5, 0.6) is 0 Å². The summed E-state index contributed by atoms with van der Waals surface area (Å²) in [6, 6.07) is 7.08. The van der Waals surface area contributed by atoms with Crippen LogP contribution < -0.4 is 10.6 Å². The van der Waals surface area contributed by atoms with Crippen molar-refractivity contribution in [2.24, 2.45) is 10.9 Å². The Morgan fingerprint density at radius 1 is 1.23 bits per heavy atom. The molecule has 2 heterocycles. The van der Waals surface area contributed by atoms with Crippen molar-refractivity contribution in [3.8, 4) is 0 Å². The summed E-state index contributed by atoms with van der Waals surface area (Å²) in [5.74, 6) is 1.37. The molecule has 0 saturated carbocycles. The SMILES string of the molecule is CCNC(=NCC1CCN(Cc2ccccc2F)CC1)NCCCOCC1CCCO1. The Bertz CT molecular complexity index is 659. The van der Waals surface area contributed by atoms with E-state index in [4.69, 9.17) is 14.5 Å². The number of benzene rings is 1. The summed E-state index contributed by atoms with van der Waals surface area (Å²) < 4.78 is 25.2. The largest absolute Gasteiger partial charge is 0.379 e. The van der Waals surface area contributed by atoms with Crippen LogP contribution in [0.25, 0.3) is 0 Å². The average Bonchev–Trinajstić information content (AvgIpc) is 3.30. The minimum absolute atomic E-state index is 0.104. The third-order valence-corrected chi connectivity index (χ3v) is 6.00. The summed E-state index contributed by atoms with van der Waals surface area (Å²) >= 11 is 0. The van der Waals surface area contributed by atoms with Crippen LogP contribution in [0.1, 0.15) is 44.6 Å². The Hall–Kier alpha value is -1.70. The lowest BCUT2D eigenvalue weighted by molar-refractivity contribution is 0.0168. The fourth-order valence-corrected chi connectivity index (χ4v) is 4.13. The second-order valence-corrected chi connectivity index (χ2v) is 8.52. The Kier molecular flexibility index (Phi) is 10.6. The summed E-state index contributed by atoms with van der Waals surface area (Å²) in [6.07, 6.45) is 5.74. The zero-order valence-corrected chi connectivity index (χ0v) is 19.0. The first-order chi connectivity index (χ1) is 15.2. The van der Waals surface area contributed by atoms with Gasteiger partial charge in [0.2, 0.25) is 0 Å². The summed E-state index contributed by atoms with van der Waals surface area (Å²) in [7, 11) is 0. The molecule has 3 rings (SSSR count). The molecule has 2 fully saturated rings. The molecule has 0 aromatic heterocycles. The summed E-state index contributed by atoms with van der Waals surface area (Å²) in [5, 5.41) is 6.74. The monoisotopic (exact) mass is 434 g/mol. The van der Waals surface area contributed by atoms with Crippen LogP contribution in [0.4, 0.5) is 4.39 Å². The topological polar surface area (TPSA) is 58.1 Å². The number of ether oxygens (including phenoxy) is 2. The lowest BCUT2D eigenvalue weighted by atomic mass is 9.96. The number of hydrogen-bond donors (Lipinski definition) is 2. The van der Waals surface area contributed by atoms with E-state index in [1.54, 1.807) is 12.1 Å². The van der Waals surface area contributed by atoms with Crippen LogP contribution in [0.2, 0.25) is 0 Å². The first-order valence-corrected chi connectivity index (χ1v) is 11.9. The van der Waals surface area contributed by atoms with Gasteiger partial charge < -0.3 is 20.1 Å².